The molecule has 1 atom stereocenters. The Labute approximate surface area is 89.1 Å². The highest BCUT2D eigenvalue weighted by Crippen LogP contribution is 2.31. The van der Waals surface area contributed by atoms with Crippen molar-refractivity contribution in [2.45, 2.75) is 19.1 Å². The van der Waals surface area contributed by atoms with Gasteiger partial charge in [0.1, 0.15) is 5.82 Å². The van der Waals surface area contributed by atoms with Gasteiger partial charge in [-0.25, -0.2) is 4.39 Å². The van der Waals surface area contributed by atoms with Crippen molar-refractivity contribution in [2.24, 2.45) is 5.73 Å². The minimum Gasteiger partial charge on any atom is -0.318 e. The quantitative estimate of drug-likeness (QED) is 0.800. The maximum absolute atomic E-state index is 12.9. The van der Waals surface area contributed by atoms with Crippen LogP contribution in [0.15, 0.2) is 18.2 Å². The number of rotatable bonds is 2. The monoisotopic (exact) mass is 235 g/mol. The molecule has 0 saturated carbocycles. The Kier molecular flexibility index (Phi) is 3.32. The summed E-state index contributed by atoms with van der Waals surface area (Å²) >= 11 is 0. The average Bonchev–Trinajstić information content (AvgIpc) is 2.14. The molecule has 0 radical (unpaired) electrons. The molecule has 2 nitrogen and oxygen atoms in total. The molecule has 16 heavy (non-hydrogen) atoms. The standard InChI is InChI=1S/C10H9F4NO/c1-5(16)9(15)6-2-7(10(12,13)14)4-8(11)3-6/h2-4,9H,15H2,1H3. The van der Waals surface area contributed by atoms with Crippen molar-refractivity contribution in [3.63, 3.8) is 0 Å². The fourth-order valence-corrected chi connectivity index (χ4v) is 1.19. The zero-order valence-electron chi connectivity index (χ0n) is 8.31. The first-order valence-electron chi connectivity index (χ1n) is 4.35. The summed E-state index contributed by atoms with van der Waals surface area (Å²) in [5.74, 6) is -1.60. The number of Topliss-reactive ketones (excluding diaryl/α,β-unsaturated/α-hetero) is 1. The number of halogens is 4. The third kappa shape index (κ3) is 2.79. The summed E-state index contributed by atoms with van der Waals surface area (Å²) in [4.78, 5) is 10.9. The van der Waals surface area contributed by atoms with E-state index in [1.165, 1.54) is 0 Å². The molecular formula is C10H9F4NO. The van der Waals surface area contributed by atoms with E-state index < -0.39 is 29.4 Å². The van der Waals surface area contributed by atoms with Crippen LogP contribution in [-0.2, 0) is 11.0 Å². The highest BCUT2D eigenvalue weighted by atomic mass is 19.4. The molecule has 0 aliphatic carbocycles. The molecule has 0 aliphatic heterocycles. The van der Waals surface area contributed by atoms with Crippen LogP contribution in [0.3, 0.4) is 0 Å². The van der Waals surface area contributed by atoms with Crippen LogP contribution in [0.5, 0.6) is 0 Å². The first kappa shape index (κ1) is 12.6. The van der Waals surface area contributed by atoms with Crippen LogP contribution in [0.1, 0.15) is 24.1 Å². The molecule has 1 unspecified atom stereocenters. The zero-order valence-corrected chi connectivity index (χ0v) is 8.31. The van der Waals surface area contributed by atoms with Gasteiger partial charge in [0, 0.05) is 0 Å². The van der Waals surface area contributed by atoms with Gasteiger partial charge < -0.3 is 5.73 Å². The van der Waals surface area contributed by atoms with Gasteiger partial charge in [-0.2, -0.15) is 13.2 Å². The van der Waals surface area contributed by atoms with Crippen LogP contribution in [0.2, 0.25) is 0 Å². The summed E-state index contributed by atoms with van der Waals surface area (Å²) in [5, 5.41) is 0. The molecule has 88 valence electrons. The lowest BCUT2D eigenvalue weighted by atomic mass is 10.0. The Hall–Kier alpha value is -1.43. The lowest BCUT2D eigenvalue weighted by molar-refractivity contribution is -0.138. The van der Waals surface area contributed by atoms with Crippen molar-refractivity contribution in [3.8, 4) is 0 Å². The first-order valence-corrected chi connectivity index (χ1v) is 4.35. The maximum atomic E-state index is 12.9. The molecule has 0 fully saturated rings. The van der Waals surface area contributed by atoms with Gasteiger partial charge in [0.05, 0.1) is 11.6 Å². The van der Waals surface area contributed by atoms with Gasteiger partial charge in [-0.15, -0.1) is 0 Å². The number of ketones is 1. The van der Waals surface area contributed by atoms with Crippen molar-refractivity contribution < 1.29 is 22.4 Å². The molecule has 1 rings (SSSR count). The normalized spacial score (nSPS) is 13.6. The first-order chi connectivity index (χ1) is 7.21. The highest BCUT2D eigenvalue weighted by molar-refractivity contribution is 5.82. The lowest BCUT2D eigenvalue weighted by Crippen LogP contribution is -2.19. The van der Waals surface area contributed by atoms with E-state index in [2.05, 4.69) is 0 Å². The van der Waals surface area contributed by atoms with E-state index in [1.807, 2.05) is 0 Å². The van der Waals surface area contributed by atoms with Gasteiger partial charge in [0.2, 0.25) is 0 Å². The number of hydrogen-bond donors (Lipinski definition) is 1. The van der Waals surface area contributed by atoms with Crippen LogP contribution in [0, 0.1) is 5.82 Å². The molecule has 0 aromatic heterocycles. The second-order valence-electron chi connectivity index (χ2n) is 3.36. The third-order valence-electron chi connectivity index (χ3n) is 2.04. The zero-order chi connectivity index (χ0) is 12.5. The van der Waals surface area contributed by atoms with Gasteiger partial charge in [-0.1, -0.05) is 0 Å². The number of benzene rings is 1. The summed E-state index contributed by atoms with van der Waals surface area (Å²) in [5.41, 5.74) is 4.00. The van der Waals surface area contributed by atoms with Crippen LogP contribution in [-0.4, -0.2) is 5.78 Å². The average molecular weight is 235 g/mol. The predicted molar refractivity (Wildman–Crippen MR) is 49.0 cm³/mol. The van der Waals surface area contributed by atoms with Crippen LogP contribution in [0.4, 0.5) is 17.6 Å². The van der Waals surface area contributed by atoms with Gasteiger partial charge in [-0.05, 0) is 30.7 Å². The van der Waals surface area contributed by atoms with E-state index in [9.17, 15) is 22.4 Å². The van der Waals surface area contributed by atoms with Crippen LogP contribution >= 0.6 is 0 Å². The molecule has 0 spiro atoms. The second kappa shape index (κ2) is 4.21. The molecule has 0 bridgehead atoms. The molecule has 0 amide bonds. The van der Waals surface area contributed by atoms with Crippen molar-refractivity contribution in [1.82, 2.24) is 0 Å². The maximum Gasteiger partial charge on any atom is 0.416 e. The summed E-state index contributed by atoms with van der Waals surface area (Å²) in [7, 11) is 0. The summed E-state index contributed by atoms with van der Waals surface area (Å²) in [6.07, 6.45) is -4.66. The van der Waals surface area contributed by atoms with Crippen molar-refractivity contribution in [3.05, 3.63) is 35.1 Å². The van der Waals surface area contributed by atoms with Crippen molar-refractivity contribution in [1.29, 1.82) is 0 Å². The SMILES string of the molecule is CC(=O)C(N)c1cc(F)cc(C(F)(F)F)c1. The van der Waals surface area contributed by atoms with E-state index in [0.29, 0.717) is 12.1 Å². The molecule has 0 saturated heterocycles. The summed E-state index contributed by atoms with van der Waals surface area (Å²) in [6, 6.07) is 0.615. The summed E-state index contributed by atoms with van der Waals surface area (Å²) < 4.78 is 49.9. The molecule has 6 heteroatoms. The number of nitrogens with two attached hydrogens (primary N) is 1. The van der Waals surface area contributed by atoms with Crippen molar-refractivity contribution >= 4 is 5.78 Å². The van der Waals surface area contributed by atoms with Gasteiger partial charge in [0.25, 0.3) is 0 Å². The second-order valence-corrected chi connectivity index (χ2v) is 3.36. The fourth-order valence-electron chi connectivity index (χ4n) is 1.19. The van der Waals surface area contributed by atoms with E-state index in [0.717, 1.165) is 13.0 Å². The Morgan fingerprint density at radius 2 is 1.88 bits per heavy atom. The number of hydrogen-bond acceptors (Lipinski definition) is 2. The van der Waals surface area contributed by atoms with Crippen LogP contribution in [0.25, 0.3) is 0 Å². The molecule has 2 N–H and O–H groups in total. The smallest absolute Gasteiger partial charge is 0.318 e. The molecule has 0 aliphatic rings. The molecular weight excluding hydrogens is 226 g/mol. The van der Waals surface area contributed by atoms with Gasteiger partial charge >= 0.3 is 6.18 Å². The molecule has 1 aromatic carbocycles. The van der Waals surface area contributed by atoms with Gasteiger partial charge in [-0.3, -0.25) is 4.79 Å². The number of carbonyl (C=O) groups excluding carboxylic acids is 1. The third-order valence-corrected chi connectivity index (χ3v) is 2.04. The van der Waals surface area contributed by atoms with E-state index in [-0.39, 0.29) is 5.56 Å². The predicted octanol–water partition coefficient (Wildman–Crippen LogP) is 2.43. The number of alkyl halides is 3. The molecule has 1 aromatic rings. The van der Waals surface area contributed by atoms with Crippen LogP contribution < -0.4 is 5.73 Å². The van der Waals surface area contributed by atoms with E-state index >= 15 is 0 Å². The van der Waals surface area contributed by atoms with Crippen molar-refractivity contribution in [2.75, 3.05) is 0 Å². The topological polar surface area (TPSA) is 43.1 Å². The Morgan fingerprint density at radius 1 is 1.31 bits per heavy atom. The summed E-state index contributed by atoms with van der Waals surface area (Å²) in [6.45, 7) is 1.13. The minimum absolute atomic E-state index is 0.181. The largest absolute Gasteiger partial charge is 0.416 e. The molecule has 0 heterocycles. The Bertz CT molecular complexity index is 414. The minimum atomic E-state index is -4.66. The van der Waals surface area contributed by atoms with Gasteiger partial charge in [0.15, 0.2) is 5.78 Å². The van der Waals surface area contributed by atoms with E-state index in [1.54, 1.807) is 0 Å². The Morgan fingerprint density at radius 3 is 2.31 bits per heavy atom. The fraction of sp³-hybridized carbons (Fsp3) is 0.300. The lowest BCUT2D eigenvalue weighted by Gasteiger charge is -2.12. The highest BCUT2D eigenvalue weighted by Gasteiger charge is 2.32. The van der Waals surface area contributed by atoms with E-state index in [4.69, 9.17) is 5.73 Å². The number of carbonyl (C=O) groups is 1. The Balaban J connectivity index is 3.23.